The van der Waals surface area contributed by atoms with Crippen LogP contribution in [0.4, 0.5) is 5.69 Å². The van der Waals surface area contributed by atoms with E-state index in [0.717, 1.165) is 36.8 Å². The van der Waals surface area contributed by atoms with Crippen LogP contribution >= 0.6 is 0 Å². The molecule has 0 spiro atoms. The molecule has 2 aromatic heterocycles. The quantitative estimate of drug-likeness (QED) is 0.725. The lowest BCUT2D eigenvalue weighted by Gasteiger charge is -2.33. The van der Waals surface area contributed by atoms with Crippen LogP contribution in [0.15, 0.2) is 54.9 Å². The minimum Gasteiger partial charge on any atom is -0.477 e. The Hall–Kier alpha value is -2.99. The van der Waals surface area contributed by atoms with Crippen molar-refractivity contribution in [3.8, 4) is 5.88 Å². The van der Waals surface area contributed by atoms with Gasteiger partial charge in [0.25, 0.3) is 5.91 Å². The summed E-state index contributed by atoms with van der Waals surface area (Å²) in [6.45, 7) is 4.40. The summed E-state index contributed by atoms with van der Waals surface area (Å²) >= 11 is 0. The largest absolute Gasteiger partial charge is 0.477 e. The van der Waals surface area contributed by atoms with Gasteiger partial charge < -0.3 is 14.8 Å². The topological polar surface area (TPSA) is 73.3 Å². The van der Waals surface area contributed by atoms with Crippen LogP contribution in [0.3, 0.4) is 0 Å². The van der Waals surface area contributed by atoms with Crippen LogP contribution in [0, 0.1) is 5.41 Å². The highest BCUT2D eigenvalue weighted by Crippen LogP contribution is 2.32. The van der Waals surface area contributed by atoms with Crippen molar-refractivity contribution >= 4 is 22.4 Å². The van der Waals surface area contributed by atoms with E-state index in [1.807, 2.05) is 24.3 Å². The number of hydrogen-bond donors (Lipinski definition) is 1. The third kappa shape index (κ3) is 4.12. The first-order valence-electron chi connectivity index (χ1n) is 9.45. The Morgan fingerprint density at radius 2 is 2.00 bits per heavy atom. The maximum absolute atomic E-state index is 12.3. The molecule has 1 amide bonds. The summed E-state index contributed by atoms with van der Waals surface area (Å²) < 4.78 is 11.5. The van der Waals surface area contributed by atoms with Crippen molar-refractivity contribution < 1.29 is 14.3 Å². The minimum atomic E-state index is -0.238. The van der Waals surface area contributed by atoms with Gasteiger partial charge >= 0.3 is 0 Å². The zero-order chi connectivity index (χ0) is 19.4. The number of rotatable bonds is 5. The molecule has 6 heteroatoms. The van der Waals surface area contributed by atoms with Gasteiger partial charge in [0.05, 0.1) is 6.61 Å². The molecule has 3 heterocycles. The first kappa shape index (κ1) is 18.4. The van der Waals surface area contributed by atoms with Gasteiger partial charge in [-0.2, -0.15) is 0 Å². The van der Waals surface area contributed by atoms with Crippen LogP contribution in [0.1, 0.15) is 30.3 Å². The van der Waals surface area contributed by atoms with Crippen molar-refractivity contribution in [1.29, 1.82) is 0 Å². The maximum Gasteiger partial charge on any atom is 0.274 e. The summed E-state index contributed by atoms with van der Waals surface area (Å²) in [5.41, 5.74) is 1.20. The first-order valence-corrected chi connectivity index (χ1v) is 9.45. The van der Waals surface area contributed by atoms with E-state index in [1.54, 1.807) is 30.6 Å². The summed E-state index contributed by atoms with van der Waals surface area (Å²) in [7, 11) is 0. The number of fused-ring (bicyclic) bond motifs is 1. The molecular weight excluding hydrogens is 354 g/mol. The molecule has 4 rings (SSSR count). The number of aromatic nitrogens is 2. The predicted molar refractivity (Wildman–Crippen MR) is 108 cm³/mol. The third-order valence-electron chi connectivity index (χ3n) is 5.14. The monoisotopic (exact) mass is 377 g/mol. The fraction of sp³-hybridized carbons (Fsp3) is 0.318. The number of ether oxygens (including phenoxy) is 2. The summed E-state index contributed by atoms with van der Waals surface area (Å²) in [5.74, 6) is 0.380. The van der Waals surface area contributed by atoms with Crippen molar-refractivity contribution in [1.82, 2.24) is 9.97 Å². The van der Waals surface area contributed by atoms with Crippen molar-refractivity contribution in [2.75, 3.05) is 25.1 Å². The number of carbonyl (C=O) groups is 1. The summed E-state index contributed by atoms with van der Waals surface area (Å²) in [6.07, 6.45) is 5.31. The lowest BCUT2D eigenvalue weighted by Crippen LogP contribution is -2.32. The van der Waals surface area contributed by atoms with Crippen molar-refractivity contribution in [3.63, 3.8) is 0 Å². The van der Waals surface area contributed by atoms with E-state index in [9.17, 15) is 4.79 Å². The summed E-state index contributed by atoms with van der Waals surface area (Å²) in [5, 5.41) is 4.77. The third-order valence-corrected chi connectivity index (χ3v) is 5.14. The van der Waals surface area contributed by atoms with Crippen LogP contribution in [-0.2, 0) is 4.74 Å². The van der Waals surface area contributed by atoms with Gasteiger partial charge in [0.2, 0.25) is 5.88 Å². The molecular formula is C22H23N3O3. The van der Waals surface area contributed by atoms with Crippen LogP contribution in [-0.4, -0.2) is 35.7 Å². The molecule has 0 unspecified atom stereocenters. The van der Waals surface area contributed by atoms with Crippen molar-refractivity contribution in [2.45, 2.75) is 19.8 Å². The number of hydrogen-bond acceptors (Lipinski definition) is 5. The fourth-order valence-electron chi connectivity index (χ4n) is 3.29. The highest BCUT2D eigenvalue weighted by Gasteiger charge is 2.28. The van der Waals surface area contributed by atoms with E-state index in [1.165, 1.54) is 0 Å². The van der Waals surface area contributed by atoms with E-state index >= 15 is 0 Å². The van der Waals surface area contributed by atoms with Gasteiger partial charge in [-0.1, -0.05) is 13.0 Å². The SMILES string of the molecule is CC1(COc2nccc3cc(NC(=O)c4ccccn4)ccc23)CCOCC1. The molecule has 0 aliphatic carbocycles. The molecule has 3 aromatic rings. The van der Waals surface area contributed by atoms with E-state index < -0.39 is 0 Å². The van der Waals surface area contributed by atoms with E-state index in [-0.39, 0.29) is 11.3 Å². The Morgan fingerprint density at radius 3 is 2.79 bits per heavy atom. The Bertz CT molecular complexity index is 969. The zero-order valence-electron chi connectivity index (χ0n) is 15.9. The Balaban J connectivity index is 1.50. The lowest BCUT2D eigenvalue weighted by molar-refractivity contribution is -0.000206. The predicted octanol–water partition coefficient (Wildman–Crippen LogP) is 4.08. The van der Waals surface area contributed by atoms with Gasteiger partial charge in [0.15, 0.2) is 0 Å². The molecule has 1 N–H and O–H groups in total. The smallest absolute Gasteiger partial charge is 0.274 e. The highest BCUT2D eigenvalue weighted by atomic mass is 16.5. The van der Waals surface area contributed by atoms with Gasteiger partial charge in [-0.15, -0.1) is 0 Å². The first-order chi connectivity index (χ1) is 13.6. The fourth-order valence-corrected chi connectivity index (χ4v) is 3.29. The average molecular weight is 377 g/mol. The molecule has 28 heavy (non-hydrogen) atoms. The summed E-state index contributed by atoms with van der Waals surface area (Å²) in [6, 6.07) is 12.9. The minimum absolute atomic E-state index is 0.110. The van der Waals surface area contributed by atoms with Gasteiger partial charge in [0.1, 0.15) is 5.69 Å². The standard InChI is InChI=1S/C22H23N3O3/c1-22(8-12-27-13-9-22)15-28-21-18-6-5-17(14-16(18)7-11-24-21)25-20(26)19-4-2-3-10-23-19/h2-7,10-11,14H,8-9,12-13,15H2,1H3,(H,25,26). The second kappa shape index (κ2) is 7.94. The average Bonchev–Trinajstić information content (AvgIpc) is 2.73. The van der Waals surface area contributed by atoms with E-state index in [2.05, 4.69) is 22.2 Å². The normalized spacial score (nSPS) is 15.9. The van der Waals surface area contributed by atoms with Crippen LogP contribution in [0.2, 0.25) is 0 Å². The molecule has 1 aliphatic rings. The second-order valence-corrected chi connectivity index (χ2v) is 7.43. The van der Waals surface area contributed by atoms with E-state index in [4.69, 9.17) is 9.47 Å². The Kier molecular flexibility index (Phi) is 5.21. The maximum atomic E-state index is 12.3. The molecule has 6 nitrogen and oxygen atoms in total. The van der Waals surface area contributed by atoms with Gasteiger partial charge in [-0.05, 0) is 54.6 Å². The Labute approximate surface area is 163 Å². The molecule has 0 radical (unpaired) electrons. The summed E-state index contributed by atoms with van der Waals surface area (Å²) in [4.78, 5) is 20.8. The lowest BCUT2D eigenvalue weighted by atomic mass is 9.83. The molecule has 0 saturated carbocycles. The molecule has 0 atom stereocenters. The number of carbonyl (C=O) groups excluding carboxylic acids is 1. The van der Waals surface area contributed by atoms with Gasteiger partial charge in [0, 0.05) is 42.1 Å². The van der Waals surface area contributed by atoms with Crippen LogP contribution in [0.5, 0.6) is 5.88 Å². The molecule has 0 bridgehead atoms. The number of anilines is 1. The number of benzene rings is 1. The number of nitrogens with zero attached hydrogens (tertiary/aromatic N) is 2. The van der Waals surface area contributed by atoms with Gasteiger partial charge in [-0.3, -0.25) is 9.78 Å². The molecule has 1 saturated heterocycles. The molecule has 144 valence electrons. The number of nitrogens with one attached hydrogen (secondary N) is 1. The molecule has 1 aromatic carbocycles. The van der Waals surface area contributed by atoms with Crippen LogP contribution in [0.25, 0.3) is 10.8 Å². The second-order valence-electron chi connectivity index (χ2n) is 7.43. The number of amides is 1. The van der Waals surface area contributed by atoms with E-state index in [0.29, 0.717) is 23.9 Å². The van der Waals surface area contributed by atoms with Crippen molar-refractivity contribution in [3.05, 3.63) is 60.6 Å². The number of pyridine rings is 2. The van der Waals surface area contributed by atoms with Crippen LogP contribution < -0.4 is 10.1 Å². The zero-order valence-corrected chi connectivity index (χ0v) is 15.9. The van der Waals surface area contributed by atoms with Gasteiger partial charge in [-0.25, -0.2) is 4.98 Å². The Morgan fingerprint density at radius 1 is 1.14 bits per heavy atom. The molecule has 1 fully saturated rings. The van der Waals surface area contributed by atoms with Crippen molar-refractivity contribution in [2.24, 2.45) is 5.41 Å². The highest BCUT2D eigenvalue weighted by molar-refractivity contribution is 6.04. The molecule has 1 aliphatic heterocycles.